The summed E-state index contributed by atoms with van der Waals surface area (Å²) in [5.41, 5.74) is 7.22. The molecule has 0 radical (unpaired) electrons. The molecule has 78 valence electrons. The Morgan fingerprint density at radius 1 is 1.29 bits per heavy atom. The quantitative estimate of drug-likeness (QED) is 0.875. The van der Waals surface area contributed by atoms with E-state index in [0.29, 0.717) is 6.04 Å². The highest BCUT2D eigenvalue weighted by molar-refractivity contribution is 8.93. The lowest BCUT2D eigenvalue weighted by atomic mass is 10.2. The van der Waals surface area contributed by atoms with Crippen LogP contribution in [0.3, 0.4) is 0 Å². The number of benzene rings is 1. The molecule has 3 heteroatoms. The monoisotopic (exact) mass is 256 g/mol. The van der Waals surface area contributed by atoms with E-state index in [2.05, 4.69) is 35.2 Å². The lowest BCUT2D eigenvalue weighted by molar-refractivity contribution is 0.327. The first-order valence-corrected chi connectivity index (χ1v) is 4.86. The van der Waals surface area contributed by atoms with Gasteiger partial charge in [0.25, 0.3) is 0 Å². The van der Waals surface area contributed by atoms with Crippen molar-refractivity contribution in [3.8, 4) is 0 Å². The summed E-state index contributed by atoms with van der Waals surface area (Å²) in [5, 5.41) is 0. The molecule has 14 heavy (non-hydrogen) atoms. The van der Waals surface area contributed by atoms with Crippen LogP contribution in [-0.2, 0) is 6.54 Å². The molecule has 0 amide bonds. The molecule has 1 aliphatic rings. The number of nitrogens with two attached hydrogens (primary N) is 1. The molecule has 2 rings (SSSR count). The van der Waals surface area contributed by atoms with Crippen LogP contribution in [0.2, 0.25) is 0 Å². The normalized spacial score (nSPS) is 21.9. The first-order chi connectivity index (χ1) is 6.34. The number of hydrogen-bond donors (Lipinski definition) is 1. The molecule has 1 saturated heterocycles. The van der Waals surface area contributed by atoms with Crippen molar-refractivity contribution >= 4 is 17.0 Å². The van der Waals surface area contributed by atoms with E-state index in [4.69, 9.17) is 5.73 Å². The Hall–Kier alpha value is -0.380. The van der Waals surface area contributed by atoms with Crippen LogP contribution in [0.4, 0.5) is 0 Å². The van der Waals surface area contributed by atoms with Gasteiger partial charge in [0.1, 0.15) is 0 Å². The van der Waals surface area contributed by atoms with E-state index in [1.54, 1.807) is 0 Å². The molecule has 1 aliphatic heterocycles. The molecule has 1 aromatic rings. The van der Waals surface area contributed by atoms with Crippen LogP contribution in [0, 0.1) is 0 Å². The van der Waals surface area contributed by atoms with Gasteiger partial charge in [-0.05, 0) is 12.0 Å². The Balaban J connectivity index is 0.000000980. The number of hydrogen-bond acceptors (Lipinski definition) is 2. The Kier molecular flexibility index (Phi) is 4.58. The summed E-state index contributed by atoms with van der Waals surface area (Å²) in [4.78, 5) is 2.42. The standard InChI is InChI=1S/C11H16N2.BrH/c12-11-6-7-13(9-11)8-10-4-2-1-3-5-10;/h1-5,11H,6-9,12H2;1H. The summed E-state index contributed by atoms with van der Waals surface area (Å²) in [6, 6.07) is 11.0. The zero-order chi connectivity index (χ0) is 9.10. The van der Waals surface area contributed by atoms with Gasteiger partial charge in [-0.1, -0.05) is 30.3 Å². The van der Waals surface area contributed by atoms with Crippen molar-refractivity contribution < 1.29 is 0 Å². The van der Waals surface area contributed by atoms with Gasteiger partial charge in [0, 0.05) is 25.7 Å². The SMILES string of the molecule is Br.NC1CCN(Cc2ccccc2)C1. The van der Waals surface area contributed by atoms with E-state index in [9.17, 15) is 0 Å². The maximum Gasteiger partial charge on any atom is 0.0234 e. The number of halogens is 1. The first kappa shape index (κ1) is 11.7. The smallest absolute Gasteiger partial charge is 0.0234 e. The average molecular weight is 257 g/mol. The van der Waals surface area contributed by atoms with Crippen molar-refractivity contribution in [3.63, 3.8) is 0 Å². The van der Waals surface area contributed by atoms with Gasteiger partial charge in [-0.25, -0.2) is 0 Å². The molecule has 2 nitrogen and oxygen atoms in total. The zero-order valence-corrected chi connectivity index (χ0v) is 9.94. The van der Waals surface area contributed by atoms with Crippen molar-refractivity contribution in [2.75, 3.05) is 13.1 Å². The third-order valence-corrected chi connectivity index (χ3v) is 2.56. The van der Waals surface area contributed by atoms with Gasteiger partial charge in [-0.15, -0.1) is 17.0 Å². The summed E-state index contributed by atoms with van der Waals surface area (Å²) in [6.45, 7) is 3.25. The minimum absolute atomic E-state index is 0. The van der Waals surface area contributed by atoms with Gasteiger partial charge < -0.3 is 5.73 Å². The van der Waals surface area contributed by atoms with Crippen molar-refractivity contribution in [1.29, 1.82) is 0 Å². The molecule has 1 atom stereocenters. The molecule has 0 aromatic heterocycles. The molecular weight excluding hydrogens is 240 g/mol. The average Bonchev–Trinajstić information content (AvgIpc) is 2.53. The topological polar surface area (TPSA) is 29.3 Å². The van der Waals surface area contributed by atoms with Crippen molar-refractivity contribution in [1.82, 2.24) is 4.90 Å². The van der Waals surface area contributed by atoms with E-state index in [0.717, 1.165) is 26.1 Å². The Labute approximate surface area is 95.9 Å². The van der Waals surface area contributed by atoms with Crippen LogP contribution in [-0.4, -0.2) is 24.0 Å². The number of likely N-dealkylation sites (tertiary alicyclic amines) is 1. The molecule has 0 bridgehead atoms. The molecule has 1 unspecified atom stereocenters. The van der Waals surface area contributed by atoms with Gasteiger partial charge in [0.05, 0.1) is 0 Å². The molecule has 2 N–H and O–H groups in total. The summed E-state index contributed by atoms with van der Waals surface area (Å²) in [5.74, 6) is 0. The third kappa shape index (κ3) is 3.08. The van der Waals surface area contributed by atoms with Gasteiger partial charge in [0.15, 0.2) is 0 Å². The lowest BCUT2D eigenvalue weighted by Crippen LogP contribution is -2.26. The minimum Gasteiger partial charge on any atom is -0.326 e. The van der Waals surface area contributed by atoms with Crippen LogP contribution >= 0.6 is 17.0 Å². The fourth-order valence-electron chi connectivity index (χ4n) is 1.85. The molecule has 1 fully saturated rings. The van der Waals surface area contributed by atoms with Crippen molar-refractivity contribution in [2.45, 2.75) is 19.0 Å². The Morgan fingerprint density at radius 2 is 2.00 bits per heavy atom. The predicted octanol–water partition coefficient (Wildman–Crippen LogP) is 1.80. The second-order valence-corrected chi connectivity index (χ2v) is 3.77. The van der Waals surface area contributed by atoms with Crippen molar-refractivity contribution in [3.05, 3.63) is 35.9 Å². The largest absolute Gasteiger partial charge is 0.326 e. The van der Waals surface area contributed by atoms with Gasteiger partial charge in [-0.3, -0.25) is 4.90 Å². The lowest BCUT2D eigenvalue weighted by Gasteiger charge is -2.14. The van der Waals surface area contributed by atoms with E-state index in [1.165, 1.54) is 5.56 Å². The molecule has 0 saturated carbocycles. The van der Waals surface area contributed by atoms with Gasteiger partial charge in [0.2, 0.25) is 0 Å². The summed E-state index contributed by atoms with van der Waals surface area (Å²) in [7, 11) is 0. The second-order valence-electron chi connectivity index (χ2n) is 3.77. The highest BCUT2D eigenvalue weighted by Crippen LogP contribution is 2.11. The van der Waals surface area contributed by atoms with Crippen LogP contribution < -0.4 is 5.73 Å². The Bertz CT molecular complexity index is 263. The number of nitrogens with zero attached hydrogens (tertiary/aromatic N) is 1. The highest BCUT2D eigenvalue weighted by atomic mass is 79.9. The van der Waals surface area contributed by atoms with Gasteiger partial charge in [-0.2, -0.15) is 0 Å². The summed E-state index contributed by atoms with van der Waals surface area (Å²) in [6.07, 6.45) is 1.15. The molecule has 0 spiro atoms. The highest BCUT2D eigenvalue weighted by Gasteiger charge is 2.18. The van der Waals surface area contributed by atoms with Crippen LogP contribution in [0.15, 0.2) is 30.3 Å². The second kappa shape index (κ2) is 5.49. The van der Waals surface area contributed by atoms with E-state index in [1.807, 2.05) is 0 Å². The molecule has 0 aliphatic carbocycles. The van der Waals surface area contributed by atoms with Crippen molar-refractivity contribution in [2.24, 2.45) is 5.73 Å². The predicted molar refractivity (Wildman–Crippen MR) is 64.6 cm³/mol. The minimum atomic E-state index is 0. The zero-order valence-electron chi connectivity index (χ0n) is 8.23. The fourth-order valence-corrected chi connectivity index (χ4v) is 1.85. The van der Waals surface area contributed by atoms with E-state index < -0.39 is 0 Å². The molecule has 1 heterocycles. The van der Waals surface area contributed by atoms with Crippen LogP contribution in [0.1, 0.15) is 12.0 Å². The molecular formula is C11H17BrN2. The maximum atomic E-state index is 5.84. The van der Waals surface area contributed by atoms with Crippen LogP contribution in [0.5, 0.6) is 0 Å². The van der Waals surface area contributed by atoms with E-state index in [-0.39, 0.29) is 17.0 Å². The molecule has 1 aromatic carbocycles. The third-order valence-electron chi connectivity index (χ3n) is 2.56. The van der Waals surface area contributed by atoms with Crippen LogP contribution in [0.25, 0.3) is 0 Å². The maximum absolute atomic E-state index is 5.84. The number of rotatable bonds is 2. The fraction of sp³-hybridized carbons (Fsp3) is 0.455. The van der Waals surface area contributed by atoms with Gasteiger partial charge >= 0.3 is 0 Å². The van der Waals surface area contributed by atoms with E-state index >= 15 is 0 Å². The summed E-state index contributed by atoms with van der Waals surface area (Å²) < 4.78 is 0. The summed E-state index contributed by atoms with van der Waals surface area (Å²) >= 11 is 0. The Morgan fingerprint density at radius 3 is 2.57 bits per heavy atom. The first-order valence-electron chi connectivity index (χ1n) is 4.86.